The summed E-state index contributed by atoms with van der Waals surface area (Å²) in [6, 6.07) is 15.2. The SMILES string of the molecule is O=c1c2c3nc4ccccc4nc3n(CC3CCCO3)c2ncn1Cc1ccc(Cl)cc1. The van der Waals surface area contributed by atoms with E-state index in [2.05, 4.69) is 4.98 Å². The van der Waals surface area contributed by atoms with E-state index in [1.54, 1.807) is 10.9 Å². The van der Waals surface area contributed by atoms with Crippen LogP contribution in [0.5, 0.6) is 0 Å². The van der Waals surface area contributed by atoms with Crippen LogP contribution in [-0.2, 0) is 17.8 Å². The molecule has 5 aromatic rings. The van der Waals surface area contributed by atoms with Gasteiger partial charge in [0.15, 0.2) is 11.3 Å². The first-order chi connectivity index (χ1) is 15.7. The molecule has 1 fully saturated rings. The lowest BCUT2D eigenvalue weighted by Gasteiger charge is -2.12. The molecule has 4 heterocycles. The summed E-state index contributed by atoms with van der Waals surface area (Å²) in [5.41, 5.74) is 4.23. The highest BCUT2D eigenvalue weighted by atomic mass is 35.5. The molecule has 0 radical (unpaired) electrons. The highest BCUT2D eigenvalue weighted by Crippen LogP contribution is 2.27. The minimum Gasteiger partial charge on any atom is -0.376 e. The Kier molecular flexibility index (Phi) is 4.66. The van der Waals surface area contributed by atoms with Gasteiger partial charge in [-0.3, -0.25) is 9.36 Å². The van der Waals surface area contributed by atoms with Gasteiger partial charge in [-0.25, -0.2) is 15.0 Å². The first kappa shape index (κ1) is 19.4. The zero-order valence-corrected chi connectivity index (χ0v) is 18.0. The average molecular weight is 446 g/mol. The molecule has 7 nitrogen and oxygen atoms in total. The molecule has 1 unspecified atom stereocenters. The summed E-state index contributed by atoms with van der Waals surface area (Å²) in [7, 11) is 0. The molecule has 1 aliphatic heterocycles. The highest BCUT2D eigenvalue weighted by molar-refractivity contribution is 6.30. The van der Waals surface area contributed by atoms with Crippen LogP contribution in [0, 0.1) is 0 Å². The van der Waals surface area contributed by atoms with Gasteiger partial charge in [0.2, 0.25) is 0 Å². The van der Waals surface area contributed by atoms with E-state index in [0.717, 1.165) is 36.0 Å². The van der Waals surface area contributed by atoms with Crippen LogP contribution in [0.25, 0.3) is 33.2 Å². The fourth-order valence-corrected chi connectivity index (χ4v) is 4.53. The van der Waals surface area contributed by atoms with E-state index in [-0.39, 0.29) is 11.7 Å². The van der Waals surface area contributed by atoms with Crippen molar-refractivity contribution in [1.29, 1.82) is 0 Å². The number of benzene rings is 2. The summed E-state index contributed by atoms with van der Waals surface area (Å²) < 4.78 is 9.47. The number of fused-ring (bicyclic) bond motifs is 4. The van der Waals surface area contributed by atoms with E-state index in [4.69, 9.17) is 26.3 Å². The number of nitrogens with zero attached hydrogens (tertiary/aromatic N) is 5. The third-order valence-electron chi connectivity index (χ3n) is 5.99. The van der Waals surface area contributed by atoms with Gasteiger partial charge in [-0.1, -0.05) is 35.9 Å². The van der Waals surface area contributed by atoms with Crippen LogP contribution < -0.4 is 5.56 Å². The van der Waals surface area contributed by atoms with Crippen LogP contribution in [0.2, 0.25) is 5.02 Å². The number of halogens is 1. The van der Waals surface area contributed by atoms with Gasteiger partial charge in [0.1, 0.15) is 17.2 Å². The molecule has 160 valence electrons. The van der Waals surface area contributed by atoms with Gasteiger partial charge in [0.25, 0.3) is 5.56 Å². The number of hydrogen-bond donors (Lipinski definition) is 0. The summed E-state index contributed by atoms with van der Waals surface area (Å²) in [6.45, 7) is 1.76. The summed E-state index contributed by atoms with van der Waals surface area (Å²) in [4.78, 5) is 28.0. The van der Waals surface area contributed by atoms with Gasteiger partial charge in [0, 0.05) is 11.6 Å². The first-order valence-corrected chi connectivity index (χ1v) is 11.1. The summed E-state index contributed by atoms with van der Waals surface area (Å²) in [5.74, 6) is 0. The van der Waals surface area contributed by atoms with Gasteiger partial charge in [-0.2, -0.15) is 0 Å². The van der Waals surface area contributed by atoms with Gasteiger partial charge in [-0.05, 0) is 42.7 Å². The number of hydrogen-bond acceptors (Lipinski definition) is 5. The molecule has 1 atom stereocenters. The Bertz CT molecular complexity index is 1520. The second-order valence-electron chi connectivity index (χ2n) is 8.13. The maximum Gasteiger partial charge on any atom is 0.265 e. The lowest BCUT2D eigenvalue weighted by Crippen LogP contribution is -2.22. The Morgan fingerprint density at radius 3 is 2.56 bits per heavy atom. The molecule has 8 heteroatoms. The fraction of sp³-hybridized carbons (Fsp3) is 0.250. The molecule has 6 rings (SSSR count). The van der Waals surface area contributed by atoms with Crippen molar-refractivity contribution in [2.24, 2.45) is 0 Å². The van der Waals surface area contributed by atoms with Gasteiger partial charge >= 0.3 is 0 Å². The van der Waals surface area contributed by atoms with E-state index in [9.17, 15) is 4.79 Å². The van der Waals surface area contributed by atoms with Crippen LogP contribution in [0.4, 0.5) is 0 Å². The summed E-state index contributed by atoms with van der Waals surface area (Å²) >= 11 is 6.00. The van der Waals surface area contributed by atoms with Crippen molar-refractivity contribution in [3.05, 3.63) is 75.8 Å². The quantitative estimate of drug-likeness (QED) is 0.415. The lowest BCUT2D eigenvalue weighted by molar-refractivity contribution is 0.0987. The van der Waals surface area contributed by atoms with Gasteiger partial charge < -0.3 is 9.30 Å². The van der Waals surface area contributed by atoms with Crippen molar-refractivity contribution in [2.45, 2.75) is 32.0 Å². The topological polar surface area (TPSA) is 74.8 Å². The Morgan fingerprint density at radius 1 is 1.03 bits per heavy atom. The average Bonchev–Trinajstić information content (AvgIpc) is 3.43. The molecule has 2 aromatic carbocycles. The van der Waals surface area contributed by atoms with E-state index in [0.29, 0.717) is 40.3 Å². The zero-order valence-electron chi connectivity index (χ0n) is 17.2. The summed E-state index contributed by atoms with van der Waals surface area (Å²) in [6.07, 6.45) is 3.71. The number of aromatic nitrogens is 5. The summed E-state index contributed by atoms with van der Waals surface area (Å²) in [5, 5.41) is 1.15. The minimum absolute atomic E-state index is 0.0837. The molecule has 0 aliphatic carbocycles. The van der Waals surface area contributed by atoms with Gasteiger partial charge in [0.05, 0.1) is 30.2 Å². The number of para-hydroxylation sites is 2. The lowest BCUT2D eigenvalue weighted by atomic mass is 10.2. The van der Waals surface area contributed by atoms with Gasteiger partial charge in [-0.15, -0.1) is 0 Å². The van der Waals surface area contributed by atoms with Crippen LogP contribution >= 0.6 is 11.6 Å². The second kappa shape index (κ2) is 7.69. The van der Waals surface area contributed by atoms with E-state index in [1.165, 1.54) is 0 Å². The fourth-order valence-electron chi connectivity index (χ4n) is 4.40. The van der Waals surface area contributed by atoms with Crippen molar-refractivity contribution in [3.8, 4) is 0 Å². The third kappa shape index (κ3) is 3.25. The number of rotatable bonds is 4. The molecule has 3 aromatic heterocycles. The maximum atomic E-state index is 13.6. The molecule has 0 amide bonds. The normalized spacial score (nSPS) is 16.5. The highest BCUT2D eigenvalue weighted by Gasteiger charge is 2.23. The molecule has 32 heavy (non-hydrogen) atoms. The molecule has 0 bridgehead atoms. The van der Waals surface area contributed by atoms with Crippen LogP contribution in [0.3, 0.4) is 0 Å². The predicted octanol–water partition coefficient (Wildman–Crippen LogP) is 4.18. The maximum absolute atomic E-state index is 13.6. The monoisotopic (exact) mass is 445 g/mol. The smallest absolute Gasteiger partial charge is 0.265 e. The molecule has 1 aliphatic rings. The standard InChI is InChI=1S/C24H20ClN5O2/c25-16-9-7-15(8-10-16)12-29-14-26-22-20(24(29)31)21-23(30(22)13-17-4-3-11-32-17)28-19-6-2-1-5-18(19)27-21/h1-2,5-10,14,17H,3-4,11-13H2. The minimum atomic E-state index is -0.134. The molecule has 0 N–H and O–H groups in total. The zero-order chi connectivity index (χ0) is 21.7. The van der Waals surface area contributed by atoms with E-state index < -0.39 is 0 Å². The van der Waals surface area contributed by atoms with E-state index >= 15 is 0 Å². The van der Waals surface area contributed by atoms with E-state index in [1.807, 2.05) is 53.1 Å². The number of ether oxygens (including phenoxy) is 1. The van der Waals surface area contributed by atoms with Crippen molar-refractivity contribution in [2.75, 3.05) is 6.61 Å². The Balaban J connectivity index is 1.58. The molecule has 1 saturated heterocycles. The largest absolute Gasteiger partial charge is 0.376 e. The van der Waals surface area contributed by atoms with Crippen molar-refractivity contribution in [1.82, 2.24) is 24.1 Å². The second-order valence-corrected chi connectivity index (χ2v) is 8.57. The third-order valence-corrected chi connectivity index (χ3v) is 6.25. The Labute approximate surface area is 188 Å². The van der Waals surface area contributed by atoms with Crippen LogP contribution in [-0.4, -0.2) is 36.8 Å². The Morgan fingerprint density at radius 2 is 1.81 bits per heavy atom. The van der Waals surface area contributed by atoms with Crippen molar-refractivity contribution in [3.63, 3.8) is 0 Å². The van der Waals surface area contributed by atoms with Crippen molar-refractivity contribution < 1.29 is 4.74 Å². The Hall–Kier alpha value is -3.29. The predicted molar refractivity (Wildman–Crippen MR) is 124 cm³/mol. The van der Waals surface area contributed by atoms with Crippen molar-refractivity contribution >= 4 is 44.8 Å². The molecule has 0 saturated carbocycles. The molecular formula is C24H20ClN5O2. The molecular weight excluding hydrogens is 426 g/mol. The first-order valence-electron chi connectivity index (χ1n) is 10.7. The van der Waals surface area contributed by atoms with Crippen LogP contribution in [0.15, 0.2) is 59.7 Å². The van der Waals surface area contributed by atoms with Crippen LogP contribution in [0.1, 0.15) is 18.4 Å². The molecule has 0 spiro atoms.